The number of nitrogens with zero attached hydrogens (tertiary/aromatic N) is 4. The largest absolute Gasteiger partial charge is 0.486 e. The van der Waals surface area contributed by atoms with Crippen molar-refractivity contribution in [3.63, 3.8) is 0 Å². The summed E-state index contributed by atoms with van der Waals surface area (Å²) in [7, 11) is 0. The Labute approximate surface area is 123 Å². The SMILES string of the molecule is Fc1ccc(Cl)c(OCc2ccc(-c3nnn[nH]3)cn2)c1. The maximum atomic E-state index is 13.1. The summed E-state index contributed by atoms with van der Waals surface area (Å²) in [6, 6.07) is 7.52. The summed E-state index contributed by atoms with van der Waals surface area (Å²) in [6.45, 7) is 0.179. The van der Waals surface area contributed by atoms with Crippen LogP contribution >= 0.6 is 11.6 Å². The third kappa shape index (κ3) is 3.14. The summed E-state index contributed by atoms with van der Waals surface area (Å²) in [6.07, 6.45) is 1.62. The van der Waals surface area contributed by atoms with Gasteiger partial charge in [-0.1, -0.05) is 11.6 Å². The molecule has 0 aliphatic rings. The highest BCUT2D eigenvalue weighted by Gasteiger charge is 2.06. The summed E-state index contributed by atoms with van der Waals surface area (Å²) >= 11 is 5.92. The highest BCUT2D eigenvalue weighted by Crippen LogP contribution is 2.25. The van der Waals surface area contributed by atoms with Gasteiger partial charge in [-0.05, 0) is 34.7 Å². The van der Waals surface area contributed by atoms with Gasteiger partial charge in [-0.15, -0.1) is 5.10 Å². The Hall–Kier alpha value is -2.54. The molecule has 1 aromatic carbocycles. The van der Waals surface area contributed by atoms with Crippen LogP contribution in [0.15, 0.2) is 36.5 Å². The molecule has 106 valence electrons. The average molecular weight is 306 g/mol. The fourth-order valence-electron chi connectivity index (χ4n) is 1.67. The van der Waals surface area contributed by atoms with Crippen molar-refractivity contribution in [3.8, 4) is 17.1 Å². The molecule has 2 aromatic heterocycles. The van der Waals surface area contributed by atoms with E-state index >= 15 is 0 Å². The van der Waals surface area contributed by atoms with Crippen molar-refractivity contribution in [2.24, 2.45) is 0 Å². The fraction of sp³-hybridized carbons (Fsp3) is 0.0769. The van der Waals surface area contributed by atoms with E-state index in [4.69, 9.17) is 16.3 Å². The monoisotopic (exact) mass is 305 g/mol. The lowest BCUT2D eigenvalue weighted by molar-refractivity contribution is 0.300. The Morgan fingerprint density at radius 3 is 2.86 bits per heavy atom. The predicted octanol–water partition coefficient (Wildman–Crippen LogP) is 2.63. The number of nitrogens with one attached hydrogen (secondary N) is 1. The van der Waals surface area contributed by atoms with Crippen LogP contribution in [-0.4, -0.2) is 25.6 Å². The van der Waals surface area contributed by atoms with E-state index in [0.717, 1.165) is 5.56 Å². The van der Waals surface area contributed by atoms with Crippen LogP contribution < -0.4 is 4.74 Å². The number of ether oxygens (including phenoxy) is 1. The van der Waals surface area contributed by atoms with E-state index in [9.17, 15) is 4.39 Å². The van der Waals surface area contributed by atoms with Gasteiger partial charge in [0, 0.05) is 17.8 Å². The maximum absolute atomic E-state index is 13.1. The number of hydrogen-bond donors (Lipinski definition) is 1. The van der Waals surface area contributed by atoms with Crippen LogP contribution in [0.25, 0.3) is 11.4 Å². The molecule has 0 amide bonds. The summed E-state index contributed by atoms with van der Waals surface area (Å²) in [5.41, 5.74) is 1.43. The highest BCUT2D eigenvalue weighted by atomic mass is 35.5. The minimum Gasteiger partial charge on any atom is -0.486 e. The van der Waals surface area contributed by atoms with Gasteiger partial charge in [0.05, 0.1) is 10.7 Å². The van der Waals surface area contributed by atoms with Gasteiger partial charge >= 0.3 is 0 Å². The van der Waals surface area contributed by atoms with Crippen molar-refractivity contribution in [2.75, 3.05) is 0 Å². The van der Waals surface area contributed by atoms with Crippen LogP contribution in [0.3, 0.4) is 0 Å². The normalized spacial score (nSPS) is 10.6. The molecule has 2 heterocycles. The third-order valence-electron chi connectivity index (χ3n) is 2.71. The first-order valence-corrected chi connectivity index (χ1v) is 6.37. The minimum atomic E-state index is -0.407. The predicted molar refractivity (Wildman–Crippen MR) is 73.2 cm³/mol. The molecule has 0 saturated carbocycles. The van der Waals surface area contributed by atoms with Crippen molar-refractivity contribution < 1.29 is 9.13 Å². The standard InChI is InChI=1S/C13H9ClFN5O/c14-11-4-2-9(15)5-12(11)21-7-10-3-1-8(6-16-10)13-17-19-20-18-13/h1-6H,7H2,(H,17,18,19,20). The Bertz CT molecular complexity index is 733. The summed E-state index contributed by atoms with van der Waals surface area (Å²) < 4.78 is 18.6. The van der Waals surface area contributed by atoms with Crippen molar-refractivity contribution in [3.05, 3.63) is 53.1 Å². The van der Waals surface area contributed by atoms with Crippen LogP contribution in [0.5, 0.6) is 5.75 Å². The summed E-state index contributed by atoms with van der Waals surface area (Å²) in [5, 5.41) is 13.8. The zero-order chi connectivity index (χ0) is 14.7. The number of tetrazole rings is 1. The quantitative estimate of drug-likeness (QED) is 0.802. The molecule has 0 unspecified atom stereocenters. The molecule has 0 atom stereocenters. The van der Waals surface area contributed by atoms with E-state index in [1.54, 1.807) is 18.3 Å². The molecule has 8 heteroatoms. The number of hydrogen-bond acceptors (Lipinski definition) is 5. The fourth-order valence-corrected chi connectivity index (χ4v) is 1.84. The van der Waals surface area contributed by atoms with E-state index in [1.807, 2.05) is 0 Å². The number of aromatic amines is 1. The zero-order valence-electron chi connectivity index (χ0n) is 10.6. The zero-order valence-corrected chi connectivity index (χ0v) is 11.4. The molecule has 0 saturated heterocycles. The summed E-state index contributed by atoms with van der Waals surface area (Å²) in [5.74, 6) is 0.403. The van der Waals surface area contributed by atoms with Crippen molar-refractivity contribution >= 4 is 11.6 Å². The first-order valence-electron chi connectivity index (χ1n) is 5.99. The van der Waals surface area contributed by atoms with Crippen LogP contribution in [-0.2, 0) is 6.61 Å². The number of aromatic nitrogens is 5. The number of rotatable bonds is 4. The van der Waals surface area contributed by atoms with Crippen LogP contribution in [0.1, 0.15) is 5.69 Å². The topological polar surface area (TPSA) is 76.6 Å². The second-order valence-electron chi connectivity index (χ2n) is 4.15. The molecule has 6 nitrogen and oxygen atoms in total. The number of halogens is 2. The van der Waals surface area contributed by atoms with Gasteiger partial charge in [0.15, 0.2) is 5.82 Å². The van der Waals surface area contributed by atoms with Gasteiger partial charge in [0.1, 0.15) is 18.2 Å². The lowest BCUT2D eigenvalue weighted by Gasteiger charge is -2.07. The van der Waals surface area contributed by atoms with E-state index < -0.39 is 5.82 Å². The molecule has 0 aliphatic heterocycles. The molecule has 0 bridgehead atoms. The van der Waals surface area contributed by atoms with Gasteiger partial charge in [-0.3, -0.25) is 4.98 Å². The van der Waals surface area contributed by atoms with E-state index in [2.05, 4.69) is 25.6 Å². The Balaban J connectivity index is 1.70. The van der Waals surface area contributed by atoms with E-state index in [-0.39, 0.29) is 12.4 Å². The first kappa shape index (κ1) is 13.4. The first-order chi connectivity index (χ1) is 10.2. The smallest absolute Gasteiger partial charge is 0.180 e. The highest BCUT2D eigenvalue weighted by molar-refractivity contribution is 6.32. The van der Waals surface area contributed by atoms with Gasteiger partial charge < -0.3 is 4.74 Å². The van der Waals surface area contributed by atoms with E-state index in [0.29, 0.717) is 16.5 Å². The molecule has 3 aromatic rings. The molecule has 0 fully saturated rings. The minimum absolute atomic E-state index is 0.179. The third-order valence-corrected chi connectivity index (χ3v) is 3.02. The lowest BCUT2D eigenvalue weighted by atomic mass is 10.2. The Morgan fingerprint density at radius 2 is 2.14 bits per heavy atom. The van der Waals surface area contributed by atoms with Crippen LogP contribution in [0.2, 0.25) is 5.02 Å². The Kier molecular flexibility index (Phi) is 3.74. The van der Waals surface area contributed by atoms with Crippen molar-refractivity contribution in [1.29, 1.82) is 0 Å². The van der Waals surface area contributed by atoms with Crippen LogP contribution in [0, 0.1) is 5.82 Å². The lowest BCUT2D eigenvalue weighted by Crippen LogP contribution is -1.99. The van der Waals surface area contributed by atoms with Gasteiger partial charge in [0.2, 0.25) is 0 Å². The second kappa shape index (κ2) is 5.84. The van der Waals surface area contributed by atoms with Crippen LogP contribution in [0.4, 0.5) is 4.39 Å². The van der Waals surface area contributed by atoms with Gasteiger partial charge in [-0.2, -0.15) is 0 Å². The molecule has 1 N–H and O–H groups in total. The molecular formula is C13H9ClFN5O. The number of pyridine rings is 1. The molecule has 0 aliphatic carbocycles. The van der Waals surface area contributed by atoms with Crippen molar-refractivity contribution in [2.45, 2.75) is 6.61 Å². The summed E-state index contributed by atoms with van der Waals surface area (Å²) in [4.78, 5) is 4.22. The molecule has 21 heavy (non-hydrogen) atoms. The number of H-pyrrole nitrogens is 1. The molecular weight excluding hydrogens is 297 g/mol. The Morgan fingerprint density at radius 1 is 1.24 bits per heavy atom. The van der Waals surface area contributed by atoms with E-state index in [1.165, 1.54) is 18.2 Å². The van der Waals surface area contributed by atoms with Gasteiger partial charge in [0.25, 0.3) is 0 Å². The maximum Gasteiger partial charge on any atom is 0.180 e. The van der Waals surface area contributed by atoms with Crippen molar-refractivity contribution in [1.82, 2.24) is 25.6 Å². The second-order valence-corrected chi connectivity index (χ2v) is 4.56. The molecule has 0 spiro atoms. The molecule has 3 rings (SSSR count). The molecule has 0 radical (unpaired) electrons. The average Bonchev–Trinajstić information content (AvgIpc) is 3.03. The number of benzene rings is 1. The van der Waals surface area contributed by atoms with Gasteiger partial charge in [-0.25, -0.2) is 9.49 Å².